The van der Waals surface area contributed by atoms with Gasteiger partial charge in [-0.1, -0.05) is 32.4 Å². The monoisotopic (exact) mass is 231 g/mol. The van der Waals surface area contributed by atoms with Gasteiger partial charge in [-0.15, -0.1) is 0 Å². The van der Waals surface area contributed by atoms with Crippen LogP contribution in [0.25, 0.3) is 0 Å². The van der Waals surface area contributed by atoms with Crippen molar-refractivity contribution in [3.63, 3.8) is 0 Å². The van der Waals surface area contributed by atoms with Crippen molar-refractivity contribution in [3.8, 4) is 0 Å². The van der Waals surface area contributed by atoms with E-state index in [4.69, 9.17) is 0 Å². The number of benzene rings is 1. The Kier molecular flexibility index (Phi) is 4.22. The lowest BCUT2D eigenvalue weighted by atomic mass is 9.91. The molecule has 17 heavy (non-hydrogen) atoms. The van der Waals surface area contributed by atoms with E-state index in [1.807, 2.05) is 0 Å². The van der Waals surface area contributed by atoms with Gasteiger partial charge in [0.05, 0.1) is 0 Å². The third-order valence-electron chi connectivity index (χ3n) is 4.14. The summed E-state index contributed by atoms with van der Waals surface area (Å²) in [4.78, 5) is 0. The second-order valence-corrected chi connectivity index (χ2v) is 5.11. The minimum atomic E-state index is 0.573. The van der Waals surface area contributed by atoms with Crippen LogP contribution in [-0.2, 0) is 19.3 Å². The average molecular weight is 231 g/mol. The molecule has 0 saturated carbocycles. The van der Waals surface area contributed by atoms with Crippen LogP contribution in [0, 0.1) is 0 Å². The van der Waals surface area contributed by atoms with Crippen molar-refractivity contribution < 1.29 is 0 Å². The van der Waals surface area contributed by atoms with Crippen LogP contribution < -0.4 is 5.32 Å². The fourth-order valence-corrected chi connectivity index (χ4v) is 3.08. The molecule has 1 N–H and O–H groups in total. The van der Waals surface area contributed by atoms with Crippen molar-refractivity contribution in [2.75, 3.05) is 7.05 Å². The van der Waals surface area contributed by atoms with E-state index in [1.165, 1.54) is 32.1 Å². The highest BCUT2D eigenvalue weighted by Crippen LogP contribution is 2.31. The summed E-state index contributed by atoms with van der Waals surface area (Å²) >= 11 is 0. The summed E-state index contributed by atoms with van der Waals surface area (Å²) in [6.07, 6.45) is 7.58. The minimum Gasteiger partial charge on any atom is -0.313 e. The van der Waals surface area contributed by atoms with Gasteiger partial charge in [-0.25, -0.2) is 0 Å². The zero-order chi connectivity index (χ0) is 12.3. The smallest absolute Gasteiger partial charge is 0.0320 e. The standard InChI is InChI=1S/C16H25N/c1-4-12-10-14-8-6-7-9-16(17-3)15(14)11-13(12)5-2/h10-11,16-17H,4-9H2,1-3H3. The second kappa shape index (κ2) is 5.68. The molecule has 0 spiro atoms. The van der Waals surface area contributed by atoms with Crippen LogP contribution in [0.3, 0.4) is 0 Å². The summed E-state index contributed by atoms with van der Waals surface area (Å²) in [7, 11) is 2.10. The van der Waals surface area contributed by atoms with Gasteiger partial charge in [0, 0.05) is 6.04 Å². The number of nitrogens with one attached hydrogen (secondary N) is 1. The fraction of sp³-hybridized carbons (Fsp3) is 0.625. The van der Waals surface area contributed by atoms with Crippen LogP contribution in [0.5, 0.6) is 0 Å². The summed E-state index contributed by atoms with van der Waals surface area (Å²) in [5.41, 5.74) is 6.27. The third kappa shape index (κ3) is 2.55. The van der Waals surface area contributed by atoms with Gasteiger partial charge in [0.1, 0.15) is 0 Å². The second-order valence-electron chi connectivity index (χ2n) is 5.11. The van der Waals surface area contributed by atoms with Crippen molar-refractivity contribution in [2.24, 2.45) is 0 Å². The van der Waals surface area contributed by atoms with Gasteiger partial charge in [-0.2, -0.15) is 0 Å². The summed E-state index contributed by atoms with van der Waals surface area (Å²) in [5, 5.41) is 3.49. The van der Waals surface area contributed by atoms with Crippen molar-refractivity contribution in [2.45, 2.75) is 58.4 Å². The Balaban J connectivity index is 2.47. The van der Waals surface area contributed by atoms with Crippen molar-refractivity contribution in [1.82, 2.24) is 5.32 Å². The Morgan fingerprint density at radius 1 is 1.12 bits per heavy atom. The summed E-state index contributed by atoms with van der Waals surface area (Å²) < 4.78 is 0. The highest BCUT2D eigenvalue weighted by Gasteiger charge is 2.18. The normalized spacial score (nSPS) is 19.8. The first-order valence-electron chi connectivity index (χ1n) is 7.12. The van der Waals surface area contributed by atoms with Crippen LogP contribution in [0.15, 0.2) is 12.1 Å². The molecule has 1 heteroatoms. The topological polar surface area (TPSA) is 12.0 Å². The SMILES string of the molecule is CCc1cc2c(cc1CC)C(NC)CCCC2. The Hall–Kier alpha value is -0.820. The molecule has 0 radical (unpaired) electrons. The van der Waals surface area contributed by atoms with E-state index < -0.39 is 0 Å². The van der Waals surface area contributed by atoms with E-state index >= 15 is 0 Å². The van der Waals surface area contributed by atoms with E-state index in [0.29, 0.717) is 6.04 Å². The average Bonchev–Trinajstić information content (AvgIpc) is 2.58. The summed E-state index contributed by atoms with van der Waals surface area (Å²) in [6.45, 7) is 4.54. The summed E-state index contributed by atoms with van der Waals surface area (Å²) in [6, 6.07) is 5.52. The highest BCUT2D eigenvalue weighted by molar-refractivity contribution is 5.41. The first kappa shape index (κ1) is 12.6. The molecule has 94 valence electrons. The van der Waals surface area contributed by atoms with Gasteiger partial charge in [-0.3, -0.25) is 0 Å². The molecule has 0 heterocycles. The Bertz CT molecular complexity index is 381. The van der Waals surface area contributed by atoms with Gasteiger partial charge in [-0.05, 0) is 61.4 Å². The van der Waals surface area contributed by atoms with Gasteiger partial charge >= 0.3 is 0 Å². The van der Waals surface area contributed by atoms with Crippen LogP contribution in [0.2, 0.25) is 0 Å². The number of aryl methyl sites for hydroxylation is 3. The van der Waals surface area contributed by atoms with Gasteiger partial charge in [0.15, 0.2) is 0 Å². The maximum absolute atomic E-state index is 3.49. The fourth-order valence-electron chi connectivity index (χ4n) is 3.08. The number of rotatable bonds is 3. The van der Waals surface area contributed by atoms with Crippen LogP contribution in [0.1, 0.15) is 61.4 Å². The third-order valence-corrected chi connectivity index (χ3v) is 4.14. The predicted molar refractivity (Wildman–Crippen MR) is 74.6 cm³/mol. The molecule has 1 aromatic rings. The first-order chi connectivity index (χ1) is 8.30. The first-order valence-corrected chi connectivity index (χ1v) is 7.12. The number of hydrogen-bond donors (Lipinski definition) is 1. The summed E-state index contributed by atoms with van der Waals surface area (Å²) in [5.74, 6) is 0. The Morgan fingerprint density at radius 3 is 2.47 bits per heavy atom. The van der Waals surface area contributed by atoms with Gasteiger partial charge in [0.2, 0.25) is 0 Å². The number of hydrogen-bond acceptors (Lipinski definition) is 1. The lowest BCUT2D eigenvalue weighted by molar-refractivity contribution is 0.533. The zero-order valence-corrected chi connectivity index (χ0v) is 11.5. The van der Waals surface area contributed by atoms with E-state index in [2.05, 4.69) is 38.3 Å². The molecule has 0 aromatic heterocycles. The van der Waals surface area contributed by atoms with E-state index in [-0.39, 0.29) is 0 Å². The maximum atomic E-state index is 3.49. The molecule has 1 aliphatic rings. The molecule has 1 aliphatic carbocycles. The quantitative estimate of drug-likeness (QED) is 0.780. The molecule has 0 bridgehead atoms. The molecule has 2 rings (SSSR count). The van der Waals surface area contributed by atoms with E-state index in [0.717, 1.165) is 6.42 Å². The minimum absolute atomic E-state index is 0.573. The lowest BCUT2D eigenvalue weighted by Crippen LogP contribution is -2.17. The molecule has 0 fully saturated rings. The predicted octanol–water partition coefficient (Wildman–Crippen LogP) is 3.80. The van der Waals surface area contributed by atoms with Crippen LogP contribution in [-0.4, -0.2) is 7.05 Å². The molecule has 0 amide bonds. The van der Waals surface area contributed by atoms with Crippen LogP contribution in [0.4, 0.5) is 0 Å². The maximum Gasteiger partial charge on any atom is 0.0320 e. The van der Waals surface area contributed by atoms with E-state index in [9.17, 15) is 0 Å². The van der Waals surface area contributed by atoms with Crippen molar-refractivity contribution >= 4 is 0 Å². The van der Waals surface area contributed by atoms with Gasteiger partial charge < -0.3 is 5.32 Å². The highest BCUT2D eigenvalue weighted by atomic mass is 14.9. The van der Waals surface area contributed by atoms with E-state index in [1.54, 1.807) is 22.3 Å². The molecule has 1 unspecified atom stereocenters. The van der Waals surface area contributed by atoms with Gasteiger partial charge in [0.25, 0.3) is 0 Å². The lowest BCUT2D eigenvalue weighted by Gasteiger charge is -2.20. The number of fused-ring (bicyclic) bond motifs is 1. The van der Waals surface area contributed by atoms with Crippen LogP contribution >= 0.6 is 0 Å². The molecule has 0 saturated heterocycles. The van der Waals surface area contributed by atoms with Crippen molar-refractivity contribution in [3.05, 3.63) is 34.4 Å². The molecule has 1 aromatic carbocycles. The van der Waals surface area contributed by atoms with Crippen molar-refractivity contribution in [1.29, 1.82) is 0 Å². The molecular weight excluding hydrogens is 206 g/mol. The molecular formula is C16H25N. The largest absolute Gasteiger partial charge is 0.313 e. The zero-order valence-electron chi connectivity index (χ0n) is 11.5. The molecule has 0 aliphatic heterocycles. The molecule has 1 atom stereocenters. The Labute approximate surface area is 106 Å². The molecule has 1 nitrogen and oxygen atoms in total. The Morgan fingerprint density at radius 2 is 1.82 bits per heavy atom.